The van der Waals surface area contributed by atoms with E-state index in [2.05, 4.69) is 5.32 Å². The van der Waals surface area contributed by atoms with E-state index >= 15 is 0 Å². The summed E-state index contributed by atoms with van der Waals surface area (Å²) in [7, 11) is 0. The Kier molecular flexibility index (Phi) is 4.86. The van der Waals surface area contributed by atoms with Gasteiger partial charge in [-0.25, -0.2) is 0 Å². The van der Waals surface area contributed by atoms with Gasteiger partial charge in [-0.1, -0.05) is 23.2 Å². The molecule has 0 aromatic heterocycles. The molecule has 0 aliphatic carbocycles. The largest absolute Gasteiger partial charge is 0.395 e. The summed E-state index contributed by atoms with van der Waals surface area (Å²) in [5.74, 6) is -1.33. The number of carbonyl (C=O) groups excluding carboxylic acids is 2. The lowest BCUT2D eigenvalue weighted by molar-refractivity contribution is -0.132. The van der Waals surface area contributed by atoms with Crippen molar-refractivity contribution in [3.63, 3.8) is 0 Å². The lowest BCUT2D eigenvalue weighted by Crippen LogP contribution is -2.37. The molecule has 0 spiro atoms. The lowest BCUT2D eigenvalue weighted by atomic mass is 10.1. The molecule has 1 aliphatic heterocycles. The number of hydrogen-bond acceptors (Lipinski definition) is 3. The second-order valence-corrected chi connectivity index (χ2v) is 5.26. The van der Waals surface area contributed by atoms with Crippen LogP contribution in [-0.4, -0.2) is 36.6 Å². The van der Waals surface area contributed by atoms with E-state index in [9.17, 15) is 9.59 Å². The van der Waals surface area contributed by atoms with E-state index in [1.165, 1.54) is 4.90 Å². The third-order valence-electron chi connectivity index (χ3n) is 3.15. The van der Waals surface area contributed by atoms with E-state index in [-0.39, 0.29) is 25.0 Å². The first-order chi connectivity index (χ1) is 9.54. The summed E-state index contributed by atoms with van der Waals surface area (Å²) in [5.41, 5.74) is 0.627. The number of amides is 2. The van der Waals surface area contributed by atoms with Gasteiger partial charge in [0.2, 0.25) is 11.8 Å². The zero-order valence-corrected chi connectivity index (χ0v) is 12.1. The van der Waals surface area contributed by atoms with Gasteiger partial charge in [0, 0.05) is 18.8 Å². The molecule has 1 fully saturated rings. The van der Waals surface area contributed by atoms with Crippen molar-refractivity contribution >= 4 is 40.7 Å². The summed E-state index contributed by atoms with van der Waals surface area (Å²) in [6, 6.07) is 4.92. The van der Waals surface area contributed by atoms with Crippen molar-refractivity contribution in [3.8, 4) is 0 Å². The van der Waals surface area contributed by atoms with Crippen molar-refractivity contribution in [1.82, 2.24) is 5.32 Å². The van der Waals surface area contributed by atoms with Crippen LogP contribution >= 0.6 is 23.2 Å². The highest BCUT2D eigenvalue weighted by Gasteiger charge is 2.37. The molecule has 1 unspecified atom stereocenters. The highest BCUT2D eigenvalue weighted by atomic mass is 35.5. The van der Waals surface area contributed by atoms with E-state index in [0.717, 1.165) is 0 Å². The maximum Gasteiger partial charge on any atom is 0.239 e. The van der Waals surface area contributed by atoms with Crippen LogP contribution < -0.4 is 10.2 Å². The second-order valence-electron chi connectivity index (χ2n) is 4.44. The van der Waals surface area contributed by atoms with Gasteiger partial charge in [-0.2, -0.15) is 0 Å². The van der Waals surface area contributed by atoms with Crippen LogP contribution in [0.5, 0.6) is 0 Å². The number of benzene rings is 1. The summed E-state index contributed by atoms with van der Waals surface area (Å²) in [6.07, 6.45) is 0.441. The number of nitrogens with zero attached hydrogens (tertiary/aromatic N) is 1. The standard InChI is InChI=1S/C13H14Cl2N2O3/c14-10-2-1-8(7-11(10)15)17-5-3-9(13(17)20)12(19)16-4-6-18/h1-2,7,9,18H,3-6H2,(H,16,19). The first kappa shape index (κ1) is 15.1. The van der Waals surface area contributed by atoms with Gasteiger partial charge in [0.25, 0.3) is 0 Å². The molecule has 108 valence electrons. The minimum atomic E-state index is -0.712. The van der Waals surface area contributed by atoms with E-state index in [4.69, 9.17) is 28.3 Å². The first-order valence-electron chi connectivity index (χ1n) is 6.19. The predicted octanol–water partition coefficient (Wildman–Crippen LogP) is 1.45. The number of hydrogen-bond donors (Lipinski definition) is 2. The quantitative estimate of drug-likeness (QED) is 0.826. The minimum absolute atomic E-state index is 0.148. The van der Waals surface area contributed by atoms with Crippen LogP contribution in [0.1, 0.15) is 6.42 Å². The van der Waals surface area contributed by atoms with Gasteiger partial charge < -0.3 is 15.3 Å². The fraction of sp³-hybridized carbons (Fsp3) is 0.385. The molecule has 1 heterocycles. The van der Waals surface area contributed by atoms with Gasteiger partial charge in [-0.3, -0.25) is 9.59 Å². The molecule has 2 rings (SSSR count). The summed E-state index contributed by atoms with van der Waals surface area (Å²) >= 11 is 11.8. The summed E-state index contributed by atoms with van der Waals surface area (Å²) < 4.78 is 0. The molecular formula is C13H14Cl2N2O3. The van der Waals surface area contributed by atoms with Gasteiger partial charge in [0.15, 0.2) is 0 Å². The van der Waals surface area contributed by atoms with Crippen LogP contribution in [0.15, 0.2) is 18.2 Å². The average Bonchev–Trinajstić information content (AvgIpc) is 2.81. The Bertz CT molecular complexity index is 536. The Morgan fingerprint density at radius 2 is 2.15 bits per heavy atom. The molecule has 5 nitrogen and oxygen atoms in total. The maximum atomic E-state index is 12.2. The molecule has 7 heteroatoms. The lowest BCUT2D eigenvalue weighted by Gasteiger charge is -2.17. The number of anilines is 1. The van der Waals surface area contributed by atoms with Crippen molar-refractivity contribution in [1.29, 1.82) is 0 Å². The van der Waals surface area contributed by atoms with E-state index in [0.29, 0.717) is 28.7 Å². The third-order valence-corrected chi connectivity index (χ3v) is 3.89. The van der Waals surface area contributed by atoms with Crippen LogP contribution in [0, 0.1) is 5.92 Å². The molecule has 1 atom stereocenters. The molecule has 1 aliphatic rings. The van der Waals surface area contributed by atoms with Gasteiger partial charge in [-0.15, -0.1) is 0 Å². The number of carbonyl (C=O) groups is 2. The highest BCUT2D eigenvalue weighted by Crippen LogP contribution is 2.31. The van der Waals surface area contributed by atoms with Gasteiger partial charge in [0.05, 0.1) is 16.7 Å². The highest BCUT2D eigenvalue weighted by molar-refractivity contribution is 6.42. The summed E-state index contributed by atoms with van der Waals surface area (Å²) in [5, 5.41) is 12.0. The molecule has 1 aromatic carbocycles. The van der Waals surface area contributed by atoms with Crippen molar-refractivity contribution in [2.45, 2.75) is 6.42 Å². The van der Waals surface area contributed by atoms with E-state index in [1.807, 2.05) is 0 Å². The molecule has 0 bridgehead atoms. The smallest absolute Gasteiger partial charge is 0.239 e. The van der Waals surface area contributed by atoms with Crippen LogP contribution in [0.2, 0.25) is 10.0 Å². The average molecular weight is 317 g/mol. The maximum absolute atomic E-state index is 12.2. The normalized spacial score (nSPS) is 18.4. The fourth-order valence-electron chi connectivity index (χ4n) is 2.13. The van der Waals surface area contributed by atoms with Crippen LogP contribution in [0.25, 0.3) is 0 Å². The zero-order chi connectivity index (χ0) is 14.7. The third kappa shape index (κ3) is 3.06. The van der Waals surface area contributed by atoms with Gasteiger partial charge in [-0.05, 0) is 24.6 Å². The molecule has 0 saturated carbocycles. The number of rotatable bonds is 4. The Morgan fingerprint density at radius 3 is 2.80 bits per heavy atom. The monoisotopic (exact) mass is 316 g/mol. The second kappa shape index (κ2) is 6.43. The van der Waals surface area contributed by atoms with Gasteiger partial charge in [0.1, 0.15) is 5.92 Å². The van der Waals surface area contributed by atoms with E-state index < -0.39 is 5.92 Å². The molecule has 1 aromatic rings. The zero-order valence-electron chi connectivity index (χ0n) is 10.6. The first-order valence-corrected chi connectivity index (χ1v) is 6.95. The van der Waals surface area contributed by atoms with Crippen LogP contribution in [0.3, 0.4) is 0 Å². The molecular weight excluding hydrogens is 303 g/mol. The minimum Gasteiger partial charge on any atom is -0.395 e. The Hall–Kier alpha value is -1.30. The molecule has 0 radical (unpaired) electrons. The molecule has 20 heavy (non-hydrogen) atoms. The molecule has 2 amide bonds. The fourth-order valence-corrected chi connectivity index (χ4v) is 2.43. The summed E-state index contributed by atoms with van der Waals surface area (Å²) in [6.45, 7) is 0.451. The van der Waals surface area contributed by atoms with Crippen LogP contribution in [-0.2, 0) is 9.59 Å². The van der Waals surface area contributed by atoms with Crippen molar-refractivity contribution in [3.05, 3.63) is 28.2 Å². The number of halogens is 2. The Balaban J connectivity index is 2.10. The van der Waals surface area contributed by atoms with Crippen molar-refractivity contribution < 1.29 is 14.7 Å². The van der Waals surface area contributed by atoms with Crippen molar-refractivity contribution in [2.24, 2.45) is 5.92 Å². The molecule has 2 N–H and O–H groups in total. The number of aliphatic hydroxyl groups excluding tert-OH is 1. The summed E-state index contributed by atoms with van der Waals surface area (Å²) in [4.78, 5) is 25.5. The topological polar surface area (TPSA) is 69.6 Å². The number of nitrogens with one attached hydrogen (secondary N) is 1. The Labute approximate surface area is 126 Å². The molecule has 1 saturated heterocycles. The predicted molar refractivity (Wildman–Crippen MR) is 77.0 cm³/mol. The number of aliphatic hydroxyl groups is 1. The Morgan fingerprint density at radius 1 is 1.40 bits per heavy atom. The van der Waals surface area contributed by atoms with Crippen LogP contribution in [0.4, 0.5) is 5.69 Å². The van der Waals surface area contributed by atoms with E-state index in [1.54, 1.807) is 18.2 Å². The van der Waals surface area contributed by atoms with Gasteiger partial charge >= 0.3 is 0 Å². The van der Waals surface area contributed by atoms with Crippen molar-refractivity contribution in [2.75, 3.05) is 24.6 Å². The SMILES string of the molecule is O=C(NCCO)C1CCN(c2ccc(Cl)c(Cl)c2)C1=O.